The van der Waals surface area contributed by atoms with E-state index < -0.39 is 5.92 Å². The Morgan fingerprint density at radius 2 is 1.80 bits per heavy atom. The number of benzene rings is 1. The fraction of sp³-hybridized carbons (Fsp3) is 0.409. The van der Waals surface area contributed by atoms with E-state index in [1.807, 2.05) is 26.8 Å². The fourth-order valence-corrected chi connectivity index (χ4v) is 4.19. The first kappa shape index (κ1) is 17.5. The van der Waals surface area contributed by atoms with Gasteiger partial charge in [0.15, 0.2) is 5.78 Å². The number of pyridine rings is 1. The molecule has 1 aliphatic carbocycles. The van der Waals surface area contributed by atoms with Crippen molar-refractivity contribution in [2.24, 2.45) is 5.92 Å². The van der Waals surface area contributed by atoms with Gasteiger partial charge in [0.05, 0.1) is 0 Å². The first-order chi connectivity index (χ1) is 11.9. The summed E-state index contributed by atoms with van der Waals surface area (Å²) >= 11 is 0. The zero-order valence-electron chi connectivity index (χ0n) is 15.4. The highest BCUT2D eigenvalue weighted by Gasteiger charge is 2.43. The summed E-state index contributed by atoms with van der Waals surface area (Å²) in [5.74, 6) is -0.732. The molecule has 0 saturated heterocycles. The Labute approximate surface area is 149 Å². The summed E-state index contributed by atoms with van der Waals surface area (Å²) in [5, 5.41) is 0. The molecule has 1 aromatic heterocycles. The van der Waals surface area contributed by atoms with Crippen LogP contribution in [0, 0.1) is 26.7 Å². The number of Topliss-reactive ketones (excluding diaryl/α,β-unsaturated/α-hetero) is 2. The summed E-state index contributed by atoms with van der Waals surface area (Å²) in [6.45, 7) is 8.12. The van der Waals surface area contributed by atoms with Gasteiger partial charge in [0.2, 0.25) is 0 Å². The Morgan fingerprint density at radius 3 is 2.44 bits per heavy atom. The number of hydrogen-bond donors (Lipinski definition) is 0. The maximum absolute atomic E-state index is 13.1. The highest BCUT2D eigenvalue weighted by Crippen LogP contribution is 2.37. The Kier molecular flexibility index (Phi) is 4.85. The molecule has 1 fully saturated rings. The van der Waals surface area contributed by atoms with Gasteiger partial charge in [-0.3, -0.25) is 14.6 Å². The zero-order valence-corrected chi connectivity index (χ0v) is 15.4. The predicted molar refractivity (Wildman–Crippen MR) is 98.8 cm³/mol. The molecule has 0 aliphatic heterocycles. The Bertz CT molecular complexity index is 815. The molecule has 3 heteroatoms. The van der Waals surface area contributed by atoms with E-state index in [0.717, 1.165) is 39.9 Å². The maximum Gasteiger partial charge on any atom is 0.151 e. The normalized spacial score (nSPS) is 20.3. The van der Waals surface area contributed by atoms with E-state index in [2.05, 4.69) is 30.1 Å². The lowest BCUT2D eigenvalue weighted by molar-refractivity contribution is -0.124. The van der Waals surface area contributed by atoms with Crippen LogP contribution in [-0.4, -0.2) is 16.6 Å². The molecular weight excluding hydrogens is 310 g/mol. The lowest BCUT2D eigenvalue weighted by Gasteiger charge is -2.16. The van der Waals surface area contributed by atoms with E-state index in [4.69, 9.17) is 0 Å². The van der Waals surface area contributed by atoms with Gasteiger partial charge in [-0.1, -0.05) is 30.7 Å². The third kappa shape index (κ3) is 3.28. The van der Waals surface area contributed by atoms with Crippen LogP contribution in [0.5, 0.6) is 0 Å². The SMILES string of the molecule is CCc1cccnc1CC1CC(=O)C(c2c(C)cc(C)cc2C)C1=O. The number of rotatable bonds is 4. The van der Waals surface area contributed by atoms with Crippen LogP contribution in [0.4, 0.5) is 0 Å². The quantitative estimate of drug-likeness (QED) is 0.792. The van der Waals surface area contributed by atoms with Gasteiger partial charge in [-0.2, -0.15) is 0 Å². The molecule has 0 spiro atoms. The van der Waals surface area contributed by atoms with Crippen LogP contribution >= 0.6 is 0 Å². The number of aryl methyl sites for hydroxylation is 4. The topological polar surface area (TPSA) is 47.0 Å². The number of aromatic nitrogens is 1. The van der Waals surface area contributed by atoms with Gasteiger partial charge in [-0.25, -0.2) is 0 Å². The average molecular weight is 335 g/mol. The van der Waals surface area contributed by atoms with Crippen molar-refractivity contribution in [3.8, 4) is 0 Å². The van der Waals surface area contributed by atoms with Crippen molar-refractivity contribution >= 4 is 11.6 Å². The largest absolute Gasteiger partial charge is 0.298 e. The highest BCUT2D eigenvalue weighted by atomic mass is 16.2. The van der Waals surface area contributed by atoms with Crippen LogP contribution in [0.25, 0.3) is 0 Å². The number of nitrogens with zero attached hydrogens (tertiary/aromatic N) is 1. The van der Waals surface area contributed by atoms with Gasteiger partial charge in [-0.05, 0) is 55.5 Å². The fourth-order valence-electron chi connectivity index (χ4n) is 4.19. The van der Waals surface area contributed by atoms with Crippen LogP contribution in [-0.2, 0) is 22.4 Å². The second-order valence-corrected chi connectivity index (χ2v) is 7.18. The standard InChI is InChI=1S/C22H25NO2/c1-5-16-7-6-8-23-18(16)11-17-12-19(24)21(22(17)25)20-14(3)9-13(2)10-15(20)4/h6-10,17,21H,5,11-12H2,1-4H3. The van der Waals surface area contributed by atoms with E-state index in [1.54, 1.807) is 6.20 Å². The molecule has 2 aromatic rings. The number of carbonyl (C=O) groups is 2. The van der Waals surface area contributed by atoms with Gasteiger partial charge in [0.25, 0.3) is 0 Å². The van der Waals surface area contributed by atoms with Crippen LogP contribution in [0.15, 0.2) is 30.5 Å². The van der Waals surface area contributed by atoms with Crippen molar-refractivity contribution in [1.29, 1.82) is 0 Å². The van der Waals surface area contributed by atoms with Crippen LogP contribution < -0.4 is 0 Å². The Morgan fingerprint density at radius 1 is 1.12 bits per heavy atom. The van der Waals surface area contributed by atoms with Crippen LogP contribution in [0.2, 0.25) is 0 Å². The summed E-state index contributed by atoms with van der Waals surface area (Å²) < 4.78 is 0. The maximum atomic E-state index is 13.1. The second kappa shape index (κ2) is 6.91. The molecule has 1 heterocycles. The molecule has 0 N–H and O–H groups in total. The molecule has 0 amide bonds. The minimum absolute atomic E-state index is 0.0547. The van der Waals surface area contributed by atoms with Crippen molar-refractivity contribution in [2.75, 3.05) is 0 Å². The summed E-state index contributed by atoms with van der Waals surface area (Å²) in [6, 6.07) is 8.09. The Balaban J connectivity index is 1.91. The smallest absolute Gasteiger partial charge is 0.151 e. The zero-order chi connectivity index (χ0) is 18.1. The van der Waals surface area contributed by atoms with Gasteiger partial charge < -0.3 is 0 Å². The molecule has 1 aromatic carbocycles. The summed E-state index contributed by atoms with van der Waals surface area (Å²) in [6.07, 6.45) is 3.55. The summed E-state index contributed by atoms with van der Waals surface area (Å²) in [7, 11) is 0. The molecule has 0 radical (unpaired) electrons. The van der Waals surface area contributed by atoms with Gasteiger partial charge >= 0.3 is 0 Å². The van der Waals surface area contributed by atoms with Crippen LogP contribution in [0.3, 0.4) is 0 Å². The Hall–Kier alpha value is -2.29. The van der Waals surface area contributed by atoms with Crippen molar-refractivity contribution in [2.45, 2.75) is 52.9 Å². The van der Waals surface area contributed by atoms with Crippen LogP contribution in [0.1, 0.15) is 52.8 Å². The number of ketones is 2. The third-order valence-electron chi connectivity index (χ3n) is 5.29. The van der Waals surface area contributed by atoms with E-state index in [1.165, 1.54) is 0 Å². The lowest BCUT2D eigenvalue weighted by Crippen LogP contribution is -2.19. The first-order valence-corrected chi connectivity index (χ1v) is 8.99. The van der Waals surface area contributed by atoms with Gasteiger partial charge in [-0.15, -0.1) is 0 Å². The van der Waals surface area contributed by atoms with E-state index >= 15 is 0 Å². The van der Waals surface area contributed by atoms with Crippen molar-refractivity contribution < 1.29 is 9.59 Å². The molecular formula is C22H25NO2. The molecule has 1 aliphatic rings. The third-order valence-corrected chi connectivity index (χ3v) is 5.29. The minimum Gasteiger partial charge on any atom is -0.298 e. The minimum atomic E-state index is -0.598. The molecule has 3 rings (SSSR count). The van der Waals surface area contributed by atoms with Crippen molar-refractivity contribution in [3.63, 3.8) is 0 Å². The molecule has 1 saturated carbocycles. The molecule has 25 heavy (non-hydrogen) atoms. The van der Waals surface area contributed by atoms with Crippen molar-refractivity contribution in [3.05, 3.63) is 64.0 Å². The second-order valence-electron chi connectivity index (χ2n) is 7.18. The molecule has 130 valence electrons. The van der Waals surface area contributed by atoms with Gasteiger partial charge in [0.1, 0.15) is 11.7 Å². The molecule has 0 bridgehead atoms. The van der Waals surface area contributed by atoms with Crippen molar-refractivity contribution in [1.82, 2.24) is 4.98 Å². The summed E-state index contributed by atoms with van der Waals surface area (Å²) in [4.78, 5) is 30.2. The number of hydrogen-bond acceptors (Lipinski definition) is 3. The van der Waals surface area contributed by atoms with E-state index in [9.17, 15) is 9.59 Å². The monoisotopic (exact) mass is 335 g/mol. The van der Waals surface area contributed by atoms with Gasteiger partial charge in [0, 0.05) is 30.7 Å². The summed E-state index contributed by atoms with van der Waals surface area (Å²) in [5.41, 5.74) is 6.27. The number of carbonyl (C=O) groups excluding carboxylic acids is 2. The van der Waals surface area contributed by atoms with E-state index in [0.29, 0.717) is 12.8 Å². The lowest BCUT2D eigenvalue weighted by atomic mass is 9.86. The molecule has 2 unspecified atom stereocenters. The van der Waals surface area contributed by atoms with E-state index in [-0.39, 0.29) is 17.5 Å². The predicted octanol–water partition coefficient (Wildman–Crippen LogP) is 4.05. The molecule has 2 atom stereocenters. The highest BCUT2D eigenvalue weighted by molar-refractivity contribution is 6.15. The average Bonchev–Trinajstić information content (AvgIpc) is 2.82. The molecule has 3 nitrogen and oxygen atoms in total. The first-order valence-electron chi connectivity index (χ1n) is 8.99.